The predicted octanol–water partition coefficient (Wildman–Crippen LogP) is 4.94. The Balaban J connectivity index is 2.19. The first-order valence-corrected chi connectivity index (χ1v) is 7.72. The van der Waals surface area contributed by atoms with Crippen molar-refractivity contribution in [2.45, 2.75) is 45.1 Å². The molecule has 0 spiro atoms. The Kier molecular flexibility index (Phi) is 4.96. The number of nitrogens with two attached hydrogens (primary N) is 1. The molecule has 0 aromatic heterocycles. The lowest BCUT2D eigenvalue weighted by Crippen LogP contribution is -2.27. The molecule has 1 fully saturated rings. The Morgan fingerprint density at radius 3 is 2.79 bits per heavy atom. The van der Waals surface area contributed by atoms with E-state index in [1.165, 1.54) is 19.3 Å². The summed E-state index contributed by atoms with van der Waals surface area (Å²) in [6.07, 6.45) is 5.77. The van der Waals surface area contributed by atoms with Gasteiger partial charge in [0.1, 0.15) is 0 Å². The Bertz CT molecular complexity index is 450. The van der Waals surface area contributed by atoms with Gasteiger partial charge in [-0.3, -0.25) is 0 Å². The summed E-state index contributed by atoms with van der Waals surface area (Å²) >= 11 is 3.14. The Labute approximate surface area is 121 Å². The van der Waals surface area contributed by atoms with Gasteiger partial charge in [-0.2, -0.15) is 0 Å². The molecule has 0 saturated heterocycles. The molecule has 4 heteroatoms. The SMILES string of the molecule is CCC1CCCC(C(N)c2ccc(F)c(F)c2Br)C1. The second kappa shape index (κ2) is 6.31. The van der Waals surface area contributed by atoms with E-state index in [1.807, 2.05) is 0 Å². The Hall–Kier alpha value is -0.480. The van der Waals surface area contributed by atoms with E-state index in [0.29, 0.717) is 17.4 Å². The van der Waals surface area contributed by atoms with E-state index in [-0.39, 0.29) is 10.5 Å². The van der Waals surface area contributed by atoms with Gasteiger partial charge in [-0.25, -0.2) is 8.78 Å². The highest BCUT2D eigenvalue weighted by atomic mass is 79.9. The minimum absolute atomic E-state index is 0.179. The Morgan fingerprint density at radius 1 is 1.37 bits per heavy atom. The van der Waals surface area contributed by atoms with Gasteiger partial charge in [-0.15, -0.1) is 0 Å². The summed E-state index contributed by atoms with van der Waals surface area (Å²) < 4.78 is 26.9. The van der Waals surface area contributed by atoms with Crippen molar-refractivity contribution in [3.8, 4) is 0 Å². The van der Waals surface area contributed by atoms with Crippen LogP contribution in [0.5, 0.6) is 0 Å². The van der Waals surface area contributed by atoms with E-state index in [1.54, 1.807) is 6.07 Å². The maximum atomic E-state index is 13.6. The van der Waals surface area contributed by atoms with Gasteiger partial charge in [0.05, 0.1) is 4.47 Å². The first kappa shape index (κ1) is 14.9. The lowest BCUT2D eigenvalue weighted by molar-refractivity contribution is 0.229. The quantitative estimate of drug-likeness (QED) is 0.779. The van der Waals surface area contributed by atoms with Crippen LogP contribution in [-0.2, 0) is 0 Å². The Morgan fingerprint density at radius 2 is 2.11 bits per heavy atom. The van der Waals surface area contributed by atoms with Crippen LogP contribution in [0, 0.1) is 23.5 Å². The van der Waals surface area contributed by atoms with Gasteiger partial charge in [0.15, 0.2) is 11.6 Å². The number of halogens is 3. The third-order valence-corrected chi connectivity index (χ3v) is 5.14. The molecule has 1 aliphatic rings. The minimum atomic E-state index is -0.837. The molecule has 19 heavy (non-hydrogen) atoms. The van der Waals surface area contributed by atoms with Crippen molar-refractivity contribution in [3.63, 3.8) is 0 Å². The van der Waals surface area contributed by atoms with Crippen molar-refractivity contribution >= 4 is 15.9 Å². The molecule has 3 unspecified atom stereocenters. The normalized spacial score (nSPS) is 25.3. The highest BCUT2D eigenvalue weighted by molar-refractivity contribution is 9.10. The number of rotatable bonds is 3. The van der Waals surface area contributed by atoms with Crippen LogP contribution in [0.3, 0.4) is 0 Å². The molecule has 1 saturated carbocycles. The summed E-state index contributed by atoms with van der Waals surface area (Å²) in [5.41, 5.74) is 6.97. The van der Waals surface area contributed by atoms with E-state index in [9.17, 15) is 8.78 Å². The van der Waals surface area contributed by atoms with Crippen molar-refractivity contribution in [3.05, 3.63) is 33.8 Å². The smallest absolute Gasteiger partial charge is 0.173 e. The van der Waals surface area contributed by atoms with Crippen molar-refractivity contribution < 1.29 is 8.78 Å². The van der Waals surface area contributed by atoms with Crippen LogP contribution in [0.2, 0.25) is 0 Å². The molecule has 0 bridgehead atoms. The molecule has 1 nitrogen and oxygen atoms in total. The number of hydrogen-bond acceptors (Lipinski definition) is 1. The van der Waals surface area contributed by atoms with Crippen molar-refractivity contribution in [2.24, 2.45) is 17.6 Å². The van der Waals surface area contributed by atoms with Crippen molar-refractivity contribution in [1.82, 2.24) is 0 Å². The fourth-order valence-corrected chi connectivity index (χ4v) is 3.67. The monoisotopic (exact) mass is 331 g/mol. The summed E-state index contributed by atoms with van der Waals surface area (Å²) in [6.45, 7) is 2.20. The number of hydrogen-bond donors (Lipinski definition) is 1. The van der Waals surface area contributed by atoms with Gasteiger partial charge in [0.2, 0.25) is 0 Å². The molecule has 0 heterocycles. The summed E-state index contributed by atoms with van der Waals surface area (Å²) in [4.78, 5) is 0. The molecule has 0 radical (unpaired) electrons. The zero-order valence-corrected chi connectivity index (χ0v) is 12.7. The first-order chi connectivity index (χ1) is 9.04. The maximum absolute atomic E-state index is 13.6. The average molecular weight is 332 g/mol. The van der Waals surface area contributed by atoms with Crippen LogP contribution in [0.25, 0.3) is 0 Å². The lowest BCUT2D eigenvalue weighted by atomic mass is 9.75. The molecule has 3 atom stereocenters. The molecule has 2 N–H and O–H groups in total. The summed E-state index contributed by atoms with van der Waals surface area (Å²) in [6, 6.07) is 2.54. The zero-order chi connectivity index (χ0) is 14.0. The standard InChI is InChI=1S/C15H20BrF2N/c1-2-9-4-3-5-10(8-9)15(19)11-6-7-12(17)14(18)13(11)16/h6-7,9-10,15H,2-5,8,19H2,1H3. The third kappa shape index (κ3) is 3.16. The van der Waals surface area contributed by atoms with Gasteiger partial charge >= 0.3 is 0 Å². The highest BCUT2D eigenvalue weighted by Gasteiger charge is 2.28. The first-order valence-electron chi connectivity index (χ1n) is 6.93. The second-order valence-electron chi connectivity index (χ2n) is 5.49. The topological polar surface area (TPSA) is 26.0 Å². The summed E-state index contributed by atoms with van der Waals surface area (Å²) in [5.74, 6) is -0.595. The molecule has 1 aromatic rings. The fourth-order valence-electron chi connectivity index (χ4n) is 3.08. The largest absolute Gasteiger partial charge is 0.324 e. The van der Waals surface area contributed by atoms with Gasteiger partial charge in [0, 0.05) is 6.04 Å². The van der Waals surface area contributed by atoms with Crippen LogP contribution in [0.1, 0.15) is 50.6 Å². The highest BCUT2D eigenvalue weighted by Crippen LogP contribution is 2.39. The van der Waals surface area contributed by atoms with Crippen molar-refractivity contribution in [1.29, 1.82) is 0 Å². The third-order valence-electron chi connectivity index (χ3n) is 4.33. The second-order valence-corrected chi connectivity index (χ2v) is 6.28. The fraction of sp³-hybridized carbons (Fsp3) is 0.600. The van der Waals surface area contributed by atoms with Crippen molar-refractivity contribution in [2.75, 3.05) is 0 Å². The molecule has 0 aliphatic heterocycles. The van der Waals surface area contributed by atoms with Gasteiger partial charge in [0.25, 0.3) is 0 Å². The van der Waals surface area contributed by atoms with Crippen LogP contribution in [0.15, 0.2) is 16.6 Å². The van der Waals surface area contributed by atoms with E-state index >= 15 is 0 Å². The summed E-state index contributed by atoms with van der Waals surface area (Å²) in [5, 5.41) is 0. The van der Waals surface area contributed by atoms with Crippen LogP contribution >= 0.6 is 15.9 Å². The maximum Gasteiger partial charge on any atom is 0.173 e. The van der Waals surface area contributed by atoms with Gasteiger partial charge < -0.3 is 5.73 Å². The number of benzene rings is 1. The van der Waals surface area contributed by atoms with E-state index < -0.39 is 11.6 Å². The van der Waals surface area contributed by atoms with E-state index in [0.717, 1.165) is 18.9 Å². The van der Waals surface area contributed by atoms with Gasteiger partial charge in [-0.05, 0) is 52.2 Å². The summed E-state index contributed by atoms with van der Waals surface area (Å²) in [7, 11) is 0. The molecular weight excluding hydrogens is 312 g/mol. The molecule has 1 aromatic carbocycles. The van der Waals surface area contributed by atoms with E-state index in [2.05, 4.69) is 22.9 Å². The predicted molar refractivity (Wildman–Crippen MR) is 76.7 cm³/mol. The average Bonchev–Trinajstić information content (AvgIpc) is 2.44. The molecule has 0 amide bonds. The lowest BCUT2D eigenvalue weighted by Gasteiger charge is -2.33. The van der Waals surface area contributed by atoms with Crippen LogP contribution in [-0.4, -0.2) is 0 Å². The van der Waals surface area contributed by atoms with Crippen LogP contribution < -0.4 is 5.73 Å². The van der Waals surface area contributed by atoms with E-state index in [4.69, 9.17) is 5.73 Å². The molecular formula is C15H20BrF2N. The zero-order valence-electron chi connectivity index (χ0n) is 11.1. The molecule has 2 rings (SSSR count). The molecule has 106 valence electrons. The molecule has 1 aliphatic carbocycles. The minimum Gasteiger partial charge on any atom is -0.324 e. The van der Waals surface area contributed by atoms with Gasteiger partial charge in [-0.1, -0.05) is 32.3 Å². The van der Waals surface area contributed by atoms with Crippen LogP contribution in [0.4, 0.5) is 8.78 Å².